The molecule has 0 saturated carbocycles. The van der Waals surface area contributed by atoms with E-state index in [1.54, 1.807) is 31.4 Å². The van der Waals surface area contributed by atoms with Gasteiger partial charge in [-0.05, 0) is 41.5 Å². The number of para-hydroxylation sites is 1. The molecule has 1 aliphatic heterocycles. The maximum absolute atomic E-state index is 13.7. The van der Waals surface area contributed by atoms with Gasteiger partial charge >= 0.3 is 0 Å². The van der Waals surface area contributed by atoms with Crippen LogP contribution in [0.4, 0.5) is 0 Å². The Hall–Kier alpha value is -2.79. The third-order valence-corrected chi connectivity index (χ3v) is 8.01. The summed E-state index contributed by atoms with van der Waals surface area (Å²) < 4.78 is 38.8. The molecule has 5 rings (SSSR count). The number of sulfone groups is 1. The zero-order chi connectivity index (χ0) is 19.3. The van der Waals surface area contributed by atoms with Gasteiger partial charge in [0.1, 0.15) is 22.9 Å². The number of rotatable bonds is 3. The Bertz CT molecular complexity index is 1090. The van der Waals surface area contributed by atoms with E-state index >= 15 is 0 Å². The highest BCUT2D eigenvalue weighted by atomic mass is 32.2. The van der Waals surface area contributed by atoms with Crippen LogP contribution >= 0.6 is 0 Å². The Morgan fingerprint density at radius 2 is 1.57 bits per heavy atom. The van der Waals surface area contributed by atoms with Gasteiger partial charge in [-0.3, -0.25) is 0 Å². The fourth-order valence-corrected chi connectivity index (χ4v) is 6.54. The molecule has 1 aliphatic carbocycles. The average molecular weight is 392 g/mol. The lowest BCUT2D eigenvalue weighted by Gasteiger charge is -2.43. The van der Waals surface area contributed by atoms with Crippen LogP contribution in [-0.4, -0.2) is 26.9 Å². The summed E-state index contributed by atoms with van der Waals surface area (Å²) in [5.74, 6) is 1.18. The number of methoxy groups -OCH3 is 1. The lowest BCUT2D eigenvalue weighted by molar-refractivity contribution is 0.159. The van der Waals surface area contributed by atoms with Gasteiger partial charge in [-0.25, -0.2) is 8.42 Å². The van der Waals surface area contributed by atoms with Gasteiger partial charge < -0.3 is 9.47 Å². The van der Waals surface area contributed by atoms with E-state index in [2.05, 4.69) is 12.1 Å². The smallest absolute Gasteiger partial charge is 0.185 e. The van der Waals surface area contributed by atoms with Crippen molar-refractivity contribution in [1.82, 2.24) is 0 Å². The fraction of sp³-hybridized carbons (Fsp3) is 0.217. The van der Waals surface area contributed by atoms with E-state index in [4.69, 9.17) is 9.47 Å². The topological polar surface area (TPSA) is 52.6 Å². The monoisotopic (exact) mass is 392 g/mol. The Kier molecular flexibility index (Phi) is 3.95. The summed E-state index contributed by atoms with van der Waals surface area (Å²) >= 11 is 0. The van der Waals surface area contributed by atoms with Crippen molar-refractivity contribution in [2.45, 2.75) is 28.6 Å². The molecule has 28 heavy (non-hydrogen) atoms. The summed E-state index contributed by atoms with van der Waals surface area (Å²) in [4.78, 5) is 0.302. The van der Waals surface area contributed by atoms with Crippen molar-refractivity contribution >= 4 is 9.84 Å². The largest absolute Gasteiger partial charge is 0.497 e. The third kappa shape index (κ3) is 2.53. The van der Waals surface area contributed by atoms with Crippen LogP contribution in [0.2, 0.25) is 0 Å². The fourth-order valence-electron chi connectivity index (χ4n) is 4.51. The van der Waals surface area contributed by atoms with Crippen molar-refractivity contribution in [3.8, 4) is 11.5 Å². The SMILES string of the molecule is COc1ccc(S(=O)(=O)[C@H]2[C@@H]3c4ccccc4C[C@H]2Oc2ccccc23)cc1. The number of ether oxygens (including phenoxy) is 2. The Labute approximate surface area is 164 Å². The molecule has 0 unspecified atom stereocenters. The highest BCUT2D eigenvalue weighted by molar-refractivity contribution is 7.92. The zero-order valence-electron chi connectivity index (χ0n) is 15.4. The second-order valence-electron chi connectivity index (χ2n) is 7.26. The molecular weight excluding hydrogens is 372 g/mol. The summed E-state index contributed by atoms with van der Waals surface area (Å²) in [6.07, 6.45) is 0.169. The van der Waals surface area contributed by atoms with Crippen LogP contribution in [0.1, 0.15) is 22.6 Å². The summed E-state index contributed by atoms with van der Waals surface area (Å²) in [5, 5.41) is -0.661. The second kappa shape index (κ2) is 6.38. The van der Waals surface area contributed by atoms with E-state index in [0.29, 0.717) is 17.1 Å². The standard InChI is InChI=1S/C23H20O4S/c1-26-16-10-12-17(13-11-16)28(24,25)23-21-14-15-6-2-3-7-18(15)22(23)19-8-4-5-9-20(19)27-21/h2-13,21-23H,14H2,1H3/t21-,22-,23-/m1/s1. The van der Waals surface area contributed by atoms with Gasteiger partial charge in [-0.1, -0.05) is 42.5 Å². The molecule has 2 bridgehead atoms. The van der Waals surface area contributed by atoms with Crippen molar-refractivity contribution in [2.24, 2.45) is 0 Å². The molecule has 1 heterocycles. The van der Waals surface area contributed by atoms with E-state index < -0.39 is 21.2 Å². The van der Waals surface area contributed by atoms with E-state index in [9.17, 15) is 8.42 Å². The first-order valence-electron chi connectivity index (χ1n) is 9.31. The number of hydrogen-bond acceptors (Lipinski definition) is 4. The molecular formula is C23H20O4S. The van der Waals surface area contributed by atoms with E-state index in [1.165, 1.54) is 0 Å². The van der Waals surface area contributed by atoms with Crippen LogP contribution in [0.15, 0.2) is 77.7 Å². The molecule has 3 aromatic carbocycles. The van der Waals surface area contributed by atoms with Gasteiger partial charge in [-0.2, -0.15) is 0 Å². The van der Waals surface area contributed by atoms with Crippen LogP contribution in [0.25, 0.3) is 0 Å². The molecule has 0 spiro atoms. The van der Waals surface area contributed by atoms with Crippen molar-refractivity contribution < 1.29 is 17.9 Å². The number of hydrogen-bond donors (Lipinski definition) is 0. The molecule has 0 N–H and O–H groups in total. The average Bonchev–Trinajstić information content (AvgIpc) is 2.73. The minimum Gasteiger partial charge on any atom is -0.497 e. The maximum atomic E-state index is 13.7. The van der Waals surface area contributed by atoms with Crippen LogP contribution in [0.3, 0.4) is 0 Å². The van der Waals surface area contributed by atoms with Gasteiger partial charge in [0.15, 0.2) is 9.84 Å². The summed E-state index contributed by atoms with van der Waals surface area (Å²) in [7, 11) is -2.05. The van der Waals surface area contributed by atoms with Crippen LogP contribution in [0, 0.1) is 0 Å². The molecule has 0 aromatic heterocycles. The Balaban J connectivity index is 1.69. The predicted molar refractivity (Wildman–Crippen MR) is 107 cm³/mol. The lowest BCUT2D eigenvalue weighted by Crippen LogP contribution is -2.50. The van der Waals surface area contributed by atoms with Gasteiger partial charge in [0.2, 0.25) is 0 Å². The van der Waals surface area contributed by atoms with Crippen molar-refractivity contribution in [1.29, 1.82) is 0 Å². The number of fused-ring (bicyclic) bond motifs is 6. The van der Waals surface area contributed by atoms with Crippen molar-refractivity contribution in [3.63, 3.8) is 0 Å². The van der Waals surface area contributed by atoms with Crippen LogP contribution in [0.5, 0.6) is 11.5 Å². The molecule has 3 aromatic rings. The molecule has 0 amide bonds. The zero-order valence-corrected chi connectivity index (χ0v) is 16.2. The van der Waals surface area contributed by atoms with Gasteiger partial charge in [0.05, 0.1) is 12.0 Å². The van der Waals surface area contributed by atoms with E-state index in [-0.39, 0.29) is 5.92 Å². The molecule has 0 saturated heterocycles. The first kappa shape index (κ1) is 17.3. The quantitative estimate of drug-likeness (QED) is 0.676. The lowest BCUT2D eigenvalue weighted by atomic mass is 9.75. The highest BCUT2D eigenvalue weighted by Gasteiger charge is 2.50. The van der Waals surface area contributed by atoms with E-state index in [0.717, 1.165) is 22.4 Å². The predicted octanol–water partition coefficient (Wildman–Crippen LogP) is 3.99. The van der Waals surface area contributed by atoms with E-state index in [1.807, 2.05) is 36.4 Å². The summed E-state index contributed by atoms with van der Waals surface area (Å²) in [5.41, 5.74) is 3.18. The van der Waals surface area contributed by atoms with Crippen molar-refractivity contribution in [3.05, 3.63) is 89.5 Å². The summed E-state index contributed by atoms with van der Waals surface area (Å²) in [6, 6.07) is 22.5. The second-order valence-corrected chi connectivity index (χ2v) is 9.37. The van der Waals surface area contributed by atoms with Crippen molar-refractivity contribution in [2.75, 3.05) is 7.11 Å². The molecule has 0 fully saturated rings. The minimum atomic E-state index is -3.61. The Morgan fingerprint density at radius 3 is 2.32 bits per heavy atom. The third-order valence-electron chi connectivity index (χ3n) is 5.78. The first-order valence-corrected chi connectivity index (χ1v) is 10.9. The molecule has 4 nitrogen and oxygen atoms in total. The van der Waals surface area contributed by atoms with Gasteiger partial charge in [0.25, 0.3) is 0 Å². The normalized spacial score (nSPS) is 22.5. The van der Waals surface area contributed by atoms with Crippen LogP contribution in [-0.2, 0) is 16.3 Å². The summed E-state index contributed by atoms with van der Waals surface area (Å²) in [6.45, 7) is 0. The molecule has 5 heteroatoms. The molecule has 0 radical (unpaired) electrons. The Morgan fingerprint density at radius 1 is 0.893 bits per heavy atom. The van der Waals surface area contributed by atoms with Gasteiger partial charge in [0, 0.05) is 17.9 Å². The minimum absolute atomic E-state index is 0.244. The number of benzene rings is 3. The van der Waals surface area contributed by atoms with Gasteiger partial charge in [-0.15, -0.1) is 0 Å². The molecule has 2 aliphatic rings. The highest BCUT2D eigenvalue weighted by Crippen LogP contribution is 2.49. The molecule has 142 valence electrons. The first-order chi connectivity index (χ1) is 13.6. The molecule has 3 atom stereocenters. The maximum Gasteiger partial charge on any atom is 0.185 e. The van der Waals surface area contributed by atoms with Crippen LogP contribution < -0.4 is 9.47 Å².